The van der Waals surface area contributed by atoms with Crippen molar-refractivity contribution in [2.24, 2.45) is 23.7 Å². The van der Waals surface area contributed by atoms with E-state index in [-0.39, 0.29) is 36.1 Å². The Morgan fingerprint density at radius 3 is 2.52 bits per heavy atom. The lowest BCUT2D eigenvalue weighted by molar-refractivity contribution is -0.142. The molecule has 6 rings (SSSR count). The molecular formula is C31H33ClFN3O4. The molecule has 9 heteroatoms. The topological polar surface area (TPSA) is 87.7 Å². The molecule has 3 fully saturated rings. The Morgan fingerprint density at radius 2 is 1.80 bits per heavy atom. The maximum absolute atomic E-state index is 14.1. The molecule has 210 valence electrons. The van der Waals surface area contributed by atoms with Gasteiger partial charge in [0.1, 0.15) is 17.5 Å². The predicted octanol–water partition coefficient (Wildman–Crippen LogP) is 4.71. The SMILES string of the molecule is CC1CCCC(NC(=O)C2N(Cc3ccc(F)cc3)C(=O)[C@H]3C(C(=O)Nc4ccc(Cl)cc4)[C@H]4C=CC23O4)C1C. The number of halogens is 2. The minimum absolute atomic E-state index is 0.0129. The molecule has 2 aromatic carbocycles. The first kappa shape index (κ1) is 27.0. The molecule has 3 amide bonds. The van der Waals surface area contributed by atoms with E-state index in [2.05, 4.69) is 24.5 Å². The van der Waals surface area contributed by atoms with E-state index in [0.29, 0.717) is 28.1 Å². The Hall–Kier alpha value is -3.23. The lowest BCUT2D eigenvalue weighted by atomic mass is 9.73. The number of nitrogens with zero attached hydrogens (tertiary/aromatic N) is 1. The van der Waals surface area contributed by atoms with Crippen LogP contribution in [0.15, 0.2) is 60.7 Å². The summed E-state index contributed by atoms with van der Waals surface area (Å²) in [6.45, 7) is 4.45. The van der Waals surface area contributed by atoms with E-state index in [1.807, 2.05) is 0 Å². The molecule has 1 saturated carbocycles. The number of hydrogen-bond donors (Lipinski definition) is 2. The number of carbonyl (C=O) groups is 3. The molecule has 3 aliphatic heterocycles. The first-order valence-electron chi connectivity index (χ1n) is 14.0. The maximum atomic E-state index is 14.1. The van der Waals surface area contributed by atoms with Gasteiger partial charge in [0.25, 0.3) is 0 Å². The third kappa shape index (κ3) is 4.51. The van der Waals surface area contributed by atoms with Crippen molar-refractivity contribution in [2.75, 3.05) is 5.32 Å². The molecule has 2 N–H and O–H groups in total. The number of ether oxygens (including phenoxy) is 1. The molecule has 2 bridgehead atoms. The minimum atomic E-state index is -1.27. The summed E-state index contributed by atoms with van der Waals surface area (Å²) in [5.74, 6) is -2.25. The number of rotatable bonds is 6. The van der Waals surface area contributed by atoms with Crippen LogP contribution in [0.5, 0.6) is 0 Å². The van der Waals surface area contributed by atoms with Crippen molar-refractivity contribution in [1.29, 1.82) is 0 Å². The van der Waals surface area contributed by atoms with E-state index in [0.717, 1.165) is 19.3 Å². The van der Waals surface area contributed by atoms with Gasteiger partial charge in [0.2, 0.25) is 17.7 Å². The van der Waals surface area contributed by atoms with Crippen LogP contribution in [-0.4, -0.2) is 46.4 Å². The number of likely N-dealkylation sites (tertiary alicyclic amines) is 1. The van der Waals surface area contributed by atoms with Gasteiger partial charge in [0, 0.05) is 23.3 Å². The highest BCUT2D eigenvalue weighted by molar-refractivity contribution is 6.30. The summed E-state index contributed by atoms with van der Waals surface area (Å²) < 4.78 is 20.1. The monoisotopic (exact) mass is 565 g/mol. The molecule has 1 spiro atoms. The first-order chi connectivity index (χ1) is 19.2. The summed E-state index contributed by atoms with van der Waals surface area (Å²) in [6.07, 6.45) is 5.99. The van der Waals surface area contributed by atoms with Gasteiger partial charge in [-0.05, 0) is 60.2 Å². The Bertz CT molecular complexity index is 1350. The molecule has 7 nitrogen and oxygen atoms in total. The average Bonchev–Trinajstić information content (AvgIpc) is 3.57. The van der Waals surface area contributed by atoms with Crippen molar-refractivity contribution < 1.29 is 23.5 Å². The van der Waals surface area contributed by atoms with Crippen LogP contribution < -0.4 is 10.6 Å². The molecule has 2 aromatic rings. The van der Waals surface area contributed by atoms with E-state index in [1.54, 1.807) is 48.6 Å². The highest BCUT2D eigenvalue weighted by atomic mass is 35.5. The van der Waals surface area contributed by atoms with Gasteiger partial charge in [0.15, 0.2) is 0 Å². The largest absolute Gasteiger partial charge is 0.359 e. The van der Waals surface area contributed by atoms with Crippen LogP contribution >= 0.6 is 11.6 Å². The van der Waals surface area contributed by atoms with E-state index < -0.39 is 29.6 Å². The summed E-state index contributed by atoms with van der Waals surface area (Å²) >= 11 is 5.99. The Balaban J connectivity index is 1.32. The van der Waals surface area contributed by atoms with E-state index >= 15 is 0 Å². The van der Waals surface area contributed by atoms with Crippen LogP contribution in [0.25, 0.3) is 0 Å². The van der Waals surface area contributed by atoms with Crippen molar-refractivity contribution in [3.63, 3.8) is 0 Å². The van der Waals surface area contributed by atoms with Crippen molar-refractivity contribution >= 4 is 35.0 Å². The number of anilines is 1. The third-order valence-corrected chi connectivity index (χ3v) is 9.59. The summed E-state index contributed by atoms with van der Waals surface area (Å²) in [7, 11) is 0. The zero-order chi connectivity index (χ0) is 28.2. The van der Waals surface area contributed by atoms with Gasteiger partial charge in [-0.25, -0.2) is 4.39 Å². The molecule has 0 radical (unpaired) electrons. The van der Waals surface area contributed by atoms with Crippen molar-refractivity contribution in [2.45, 2.75) is 63.4 Å². The normalized spacial score (nSPS) is 34.1. The molecule has 6 unspecified atom stereocenters. The van der Waals surface area contributed by atoms with Crippen molar-refractivity contribution in [3.8, 4) is 0 Å². The van der Waals surface area contributed by atoms with Gasteiger partial charge in [-0.1, -0.05) is 62.6 Å². The number of amides is 3. The Kier molecular flexibility index (Phi) is 6.95. The fourth-order valence-corrected chi connectivity index (χ4v) is 7.16. The highest BCUT2D eigenvalue weighted by Gasteiger charge is 2.72. The van der Waals surface area contributed by atoms with Crippen molar-refractivity contribution in [1.82, 2.24) is 10.2 Å². The Morgan fingerprint density at radius 1 is 1.07 bits per heavy atom. The summed E-state index contributed by atoms with van der Waals surface area (Å²) in [5, 5.41) is 6.68. The third-order valence-electron chi connectivity index (χ3n) is 9.34. The molecule has 1 aliphatic carbocycles. The lowest BCUT2D eigenvalue weighted by Crippen LogP contribution is -2.57. The molecule has 4 aliphatic rings. The fraction of sp³-hybridized carbons (Fsp3) is 0.452. The average molecular weight is 566 g/mol. The predicted molar refractivity (Wildman–Crippen MR) is 149 cm³/mol. The van der Waals surface area contributed by atoms with Crippen LogP contribution in [0.3, 0.4) is 0 Å². The molecule has 40 heavy (non-hydrogen) atoms. The zero-order valence-corrected chi connectivity index (χ0v) is 23.2. The lowest BCUT2D eigenvalue weighted by Gasteiger charge is -2.38. The highest BCUT2D eigenvalue weighted by Crippen LogP contribution is 2.55. The standard InChI is InChI=1S/C31H33ClFN3O4/c1-17-4-3-5-23(18(17)2)35-29(38)27-31-15-14-24(40-31)25(28(37)34-22-12-8-20(32)9-13-22)26(31)30(39)36(27)16-19-6-10-21(33)11-7-19/h6-15,17-18,23-27H,3-5,16H2,1-2H3,(H,34,37)(H,35,38)/t17?,18?,23?,24-,25?,26-,27?,31?/m1/s1. The molecule has 0 aromatic heterocycles. The number of benzene rings is 2. The van der Waals surface area contributed by atoms with E-state index in [4.69, 9.17) is 16.3 Å². The quantitative estimate of drug-likeness (QED) is 0.497. The smallest absolute Gasteiger partial charge is 0.246 e. The van der Waals surface area contributed by atoms with Gasteiger partial charge in [-0.2, -0.15) is 0 Å². The molecule has 2 saturated heterocycles. The first-order valence-corrected chi connectivity index (χ1v) is 14.3. The van der Waals surface area contributed by atoms with Crippen LogP contribution in [0, 0.1) is 29.5 Å². The van der Waals surface area contributed by atoms with Gasteiger partial charge < -0.3 is 20.3 Å². The van der Waals surface area contributed by atoms with Crippen molar-refractivity contribution in [3.05, 3.63) is 77.1 Å². The number of hydrogen-bond acceptors (Lipinski definition) is 4. The second kappa shape index (κ2) is 10.3. The van der Waals surface area contributed by atoms with Crippen LogP contribution in [0.2, 0.25) is 5.02 Å². The summed E-state index contributed by atoms with van der Waals surface area (Å²) in [4.78, 5) is 43.3. The van der Waals surface area contributed by atoms with Gasteiger partial charge in [-0.3, -0.25) is 14.4 Å². The van der Waals surface area contributed by atoms with Gasteiger partial charge in [-0.15, -0.1) is 0 Å². The number of nitrogens with one attached hydrogen (secondary N) is 2. The molecule has 8 atom stereocenters. The fourth-order valence-electron chi connectivity index (χ4n) is 7.03. The van der Waals surface area contributed by atoms with E-state index in [1.165, 1.54) is 17.0 Å². The molecular weight excluding hydrogens is 533 g/mol. The van der Waals surface area contributed by atoms with Crippen LogP contribution in [0.4, 0.5) is 10.1 Å². The second-order valence-corrected chi connectivity index (χ2v) is 12.1. The summed E-state index contributed by atoms with van der Waals surface area (Å²) in [6, 6.07) is 11.6. The van der Waals surface area contributed by atoms with E-state index in [9.17, 15) is 18.8 Å². The van der Waals surface area contributed by atoms with Crippen LogP contribution in [0.1, 0.15) is 38.7 Å². The number of carbonyl (C=O) groups excluding carboxylic acids is 3. The minimum Gasteiger partial charge on any atom is -0.359 e. The second-order valence-electron chi connectivity index (χ2n) is 11.7. The van der Waals surface area contributed by atoms with Gasteiger partial charge >= 0.3 is 0 Å². The number of fused-ring (bicyclic) bond motifs is 1. The van der Waals surface area contributed by atoms with Gasteiger partial charge in [0.05, 0.1) is 17.9 Å². The maximum Gasteiger partial charge on any atom is 0.246 e. The van der Waals surface area contributed by atoms with Crippen LogP contribution in [-0.2, 0) is 25.7 Å². The Labute approximate surface area is 238 Å². The zero-order valence-electron chi connectivity index (χ0n) is 22.5. The molecule has 3 heterocycles. The summed E-state index contributed by atoms with van der Waals surface area (Å²) in [5.41, 5.74) is -0.0278.